The van der Waals surface area contributed by atoms with E-state index in [1.54, 1.807) is 37.4 Å². The average molecular weight is 505 g/mol. The lowest BCUT2D eigenvalue weighted by molar-refractivity contribution is -0.124. The molecule has 194 valence electrons. The number of nitrogens with one attached hydrogen (secondary N) is 1. The molecular formula is C28H33FN6O2. The number of amides is 1. The Morgan fingerprint density at radius 1 is 1.22 bits per heavy atom. The van der Waals surface area contributed by atoms with Gasteiger partial charge in [-0.1, -0.05) is 12.1 Å². The summed E-state index contributed by atoms with van der Waals surface area (Å²) in [6.45, 7) is 9.75. The summed E-state index contributed by atoms with van der Waals surface area (Å²) in [5.41, 5.74) is 2.65. The normalized spacial score (nSPS) is 17.4. The standard InChI is InChI=1S/C28H33FN6O2/c1-18-17-34(23(14-25(36)32-28(2,3)4)19-6-8-20(29)9-7-19)12-13-35(18)24-15-26(37)33(5)22-11-10-21(16-30)31-27(22)24/h6-11,15,18,23H,12-14,17H2,1-5H3,(H,32,36). The first-order chi connectivity index (χ1) is 17.5. The minimum absolute atomic E-state index is 0.00905. The fourth-order valence-electron chi connectivity index (χ4n) is 5.01. The van der Waals surface area contributed by atoms with Crippen LogP contribution in [0.15, 0.2) is 47.3 Å². The molecule has 1 aliphatic rings. The molecule has 37 heavy (non-hydrogen) atoms. The number of benzene rings is 1. The van der Waals surface area contributed by atoms with Gasteiger partial charge in [-0.3, -0.25) is 14.5 Å². The zero-order valence-corrected chi connectivity index (χ0v) is 22.0. The third kappa shape index (κ3) is 5.81. The molecule has 4 rings (SSSR count). The number of carbonyl (C=O) groups excluding carboxylic acids is 1. The van der Waals surface area contributed by atoms with Gasteiger partial charge in [-0.15, -0.1) is 0 Å². The second-order valence-electron chi connectivity index (χ2n) is 10.7. The van der Waals surface area contributed by atoms with Gasteiger partial charge in [-0.05, 0) is 57.5 Å². The van der Waals surface area contributed by atoms with Crippen molar-refractivity contribution in [1.29, 1.82) is 5.26 Å². The first-order valence-corrected chi connectivity index (χ1v) is 12.4. The van der Waals surface area contributed by atoms with Gasteiger partial charge in [0.1, 0.15) is 23.1 Å². The second-order valence-corrected chi connectivity index (χ2v) is 10.7. The first kappa shape index (κ1) is 26.3. The largest absolute Gasteiger partial charge is 0.364 e. The van der Waals surface area contributed by atoms with Crippen molar-refractivity contribution in [3.63, 3.8) is 0 Å². The number of nitriles is 1. The van der Waals surface area contributed by atoms with Crippen molar-refractivity contribution in [2.24, 2.45) is 7.05 Å². The lowest BCUT2D eigenvalue weighted by Gasteiger charge is -2.44. The lowest BCUT2D eigenvalue weighted by atomic mass is 9.98. The van der Waals surface area contributed by atoms with E-state index in [1.165, 1.54) is 16.7 Å². The molecule has 1 aromatic carbocycles. The summed E-state index contributed by atoms with van der Waals surface area (Å²) in [4.78, 5) is 34.5. The molecule has 1 fully saturated rings. The molecule has 3 aromatic rings. The van der Waals surface area contributed by atoms with Gasteiger partial charge < -0.3 is 14.8 Å². The van der Waals surface area contributed by atoms with Crippen molar-refractivity contribution in [2.75, 3.05) is 24.5 Å². The molecule has 0 radical (unpaired) electrons. The summed E-state index contributed by atoms with van der Waals surface area (Å²) in [6, 6.07) is 13.1. The number of hydrogen-bond acceptors (Lipinski definition) is 6. The molecule has 0 aliphatic carbocycles. The molecular weight excluding hydrogens is 471 g/mol. The monoisotopic (exact) mass is 504 g/mol. The van der Waals surface area contributed by atoms with Crippen molar-refractivity contribution in [3.05, 3.63) is 69.9 Å². The minimum Gasteiger partial charge on any atom is -0.364 e. The Morgan fingerprint density at radius 2 is 1.92 bits per heavy atom. The Balaban J connectivity index is 1.64. The highest BCUT2D eigenvalue weighted by molar-refractivity contribution is 5.89. The molecule has 0 saturated carbocycles. The van der Waals surface area contributed by atoms with E-state index in [0.29, 0.717) is 42.0 Å². The molecule has 1 aliphatic heterocycles. The number of anilines is 1. The first-order valence-electron chi connectivity index (χ1n) is 12.4. The summed E-state index contributed by atoms with van der Waals surface area (Å²) in [7, 11) is 1.69. The number of carbonyl (C=O) groups is 1. The highest BCUT2D eigenvalue weighted by atomic mass is 19.1. The Hall–Kier alpha value is -3.77. The number of pyridine rings is 2. The van der Waals surface area contributed by atoms with Crippen LogP contribution in [-0.4, -0.2) is 51.6 Å². The Kier molecular flexibility index (Phi) is 7.32. The van der Waals surface area contributed by atoms with Crippen LogP contribution in [0.1, 0.15) is 51.4 Å². The van der Waals surface area contributed by atoms with E-state index in [0.717, 1.165) is 5.56 Å². The third-order valence-corrected chi connectivity index (χ3v) is 6.74. The zero-order valence-electron chi connectivity index (χ0n) is 22.0. The predicted octanol–water partition coefficient (Wildman–Crippen LogP) is 3.50. The van der Waals surface area contributed by atoms with Gasteiger partial charge in [0.05, 0.1) is 11.2 Å². The fourth-order valence-corrected chi connectivity index (χ4v) is 5.01. The van der Waals surface area contributed by atoms with Crippen LogP contribution in [0.3, 0.4) is 0 Å². The molecule has 2 unspecified atom stereocenters. The van der Waals surface area contributed by atoms with Crippen LogP contribution in [0, 0.1) is 17.1 Å². The average Bonchev–Trinajstić information content (AvgIpc) is 2.84. The van der Waals surface area contributed by atoms with Gasteiger partial charge >= 0.3 is 0 Å². The molecule has 1 amide bonds. The number of nitrogens with zero attached hydrogens (tertiary/aromatic N) is 5. The van der Waals surface area contributed by atoms with E-state index in [9.17, 15) is 19.2 Å². The smallest absolute Gasteiger partial charge is 0.252 e. The van der Waals surface area contributed by atoms with E-state index in [1.807, 2.05) is 20.8 Å². The van der Waals surface area contributed by atoms with Crippen molar-refractivity contribution in [1.82, 2.24) is 19.8 Å². The highest BCUT2D eigenvalue weighted by Crippen LogP contribution is 2.32. The molecule has 0 spiro atoms. The van der Waals surface area contributed by atoms with Gasteiger partial charge in [0.2, 0.25) is 5.91 Å². The minimum atomic E-state index is -0.355. The number of aromatic nitrogens is 2. The van der Waals surface area contributed by atoms with Gasteiger partial charge in [0.25, 0.3) is 5.56 Å². The maximum Gasteiger partial charge on any atom is 0.252 e. The fraction of sp³-hybridized carbons (Fsp3) is 0.429. The van der Waals surface area contributed by atoms with Gasteiger partial charge in [0, 0.05) is 56.8 Å². The van der Waals surface area contributed by atoms with Crippen molar-refractivity contribution in [3.8, 4) is 6.07 Å². The molecule has 1 saturated heterocycles. The molecule has 0 bridgehead atoms. The van der Waals surface area contributed by atoms with Gasteiger partial charge in [-0.25, -0.2) is 9.37 Å². The van der Waals surface area contributed by atoms with Gasteiger partial charge in [-0.2, -0.15) is 5.26 Å². The summed E-state index contributed by atoms with van der Waals surface area (Å²) in [6.07, 6.45) is 0.248. The van der Waals surface area contributed by atoms with Gasteiger partial charge in [0.15, 0.2) is 0 Å². The summed E-state index contributed by atoms with van der Waals surface area (Å²) < 4.78 is 15.2. The summed E-state index contributed by atoms with van der Waals surface area (Å²) >= 11 is 0. The van der Waals surface area contributed by atoms with Crippen LogP contribution in [0.4, 0.5) is 10.1 Å². The maximum atomic E-state index is 13.7. The Morgan fingerprint density at radius 3 is 2.54 bits per heavy atom. The third-order valence-electron chi connectivity index (χ3n) is 6.74. The van der Waals surface area contributed by atoms with Crippen molar-refractivity contribution in [2.45, 2.75) is 51.7 Å². The van der Waals surface area contributed by atoms with E-state index >= 15 is 0 Å². The highest BCUT2D eigenvalue weighted by Gasteiger charge is 2.32. The molecule has 9 heteroatoms. The van der Waals surface area contributed by atoms with E-state index in [2.05, 4.69) is 33.1 Å². The predicted molar refractivity (Wildman–Crippen MR) is 142 cm³/mol. The Labute approximate surface area is 216 Å². The number of aryl methyl sites for hydroxylation is 1. The van der Waals surface area contributed by atoms with Crippen LogP contribution >= 0.6 is 0 Å². The Bertz CT molecular complexity index is 1400. The zero-order chi connectivity index (χ0) is 26.9. The number of halogens is 1. The van der Waals surface area contributed by atoms with Crippen LogP contribution in [0.25, 0.3) is 11.0 Å². The second kappa shape index (κ2) is 10.3. The molecule has 2 atom stereocenters. The van der Waals surface area contributed by atoms with E-state index in [4.69, 9.17) is 0 Å². The molecule has 2 aromatic heterocycles. The van der Waals surface area contributed by atoms with Crippen LogP contribution < -0.4 is 15.8 Å². The van der Waals surface area contributed by atoms with Crippen LogP contribution in [0.5, 0.6) is 0 Å². The summed E-state index contributed by atoms with van der Waals surface area (Å²) in [5.74, 6) is -0.385. The molecule has 1 N–H and O–H groups in total. The van der Waals surface area contributed by atoms with E-state index < -0.39 is 0 Å². The van der Waals surface area contributed by atoms with Crippen molar-refractivity contribution >= 4 is 22.6 Å². The van der Waals surface area contributed by atoms with Crippen molar-refractivity contribution < 1.29 is 9.18 Å². The SMILES string of the molecule is CC1CN(C(CC(=O)NC(C)(C)C)c2ccc(F)cc2)CCN1c1cc(=O)n(C)c2ccc(C#N)nc12. The number of piperazine rings is 1. The quantitative estimate of drug-likeness (QED) is 0.572. The molecule has 8 nitrogen and oxygen atoms in total. The molecule has 3 heterocycles. The van der Waals surface area contributed by atoms with Crippen LogP contribution in [0.2, 0.25) is 0 Å². The number of hydrogen-bond donors (Lipinski definition) is 1. The van der Waals surface area contributed by atoms with Crippen LogP contribution in [-0.2, 0) is 11.8 Å². The topological polar surface area (TPSA) is 94.3 Å². The van der Waals surface area contributed by atoms with E-state index in [-0.39, 0.29) is 41.3 Å². The lowest BCUT2D eigenvalue weighted by Crippen LogP contribution is -2.54. The number of fused-ring (bicyclic) bond motifs is 1. The maximum absolute atomic E-state index is 13.7. The summed E-state index contributed by atoms with van der Waals surface area (Å²) in [5, 5.41) is 12.4. The number of rotatable bonds is 5.